The van der Waals surface area contributed by atoms with Crippen molar-refractivity contribution >= 4 is 33.8 Å². The number of carbonyl (C=O) groups excluding carboxylic acids is 1. The summed E-state index contributed by atoms with van der Waals surface area (Å²) >= 11 is 6.38. The molecular formula is C30H39ClN2O5S. The van der Waals surface area contributed by atoms with Crippen LogP contribution in [0.25, 0.3) is 0 Å². The van der Waals surface area contributed by atoms with Crippen molar-refractivity contribution in [2.45, 2.75) is 58.3 Å². The predicted molar refractivity (Wildman–Crippen MR) is 157 cm³/mol. The van der Waals surface area contributed by atoms with Crippen molar-refractivity contribution in [1.29, 1.82) is 0 Å². The topological polar surface area (TPSA) is 88.4 Å². The number of fused-ring (bicyclic) bond motifs is 2. The number of aliphatic hydroxyl groups is 1. The van der Waals surface area contributed by atoms with Crippen LogP contribution < -0.4 is 9.64 Å². The highest BCUT2D eigenvalue weighted by Gasteiger charge is 2.26. The van der Waals surface area contributed by atoms with Crippen LogP contribution in [0.1, 0.15) is 54.6 Å². The van der Waals surface area contributed by atoms with E-state index in [0.717, 1.165) is 30.0 Å². The Hall–Kier alpha value is -2.39. The van der Waals surface area contributed by atoms with Gasteiger partial charge in [0.25, 0.3) is 5.91 Å². The van der Waals surface area contributed by atoms with Crippen molar-refractivity contribution in [3.8, 4) is 5.75 Å². The first-order valence-corrected chi connectivity index (χ1v) is 15.4. The summed E-state index contributed by atoms with van der Waals surface area (Å²) in [6, 6.07) is 11.4. The van der Waals surface area contributed by atoms with Gasteiger partial charge < -0.3 is 19.5 Å². The van der Waals surface area contributed by atoms with Gasteiger partial charge in [0.05, 0.1) is 24.5 Å². The van der Waals surface area contributed by atoms with Crippen LogP contribution in [-0.2, 0) is 28.3 Å². The molecule has 4 rings (SSSR count). The van der Waals surface area contributed by atoms with Gasteiger partial charge in [-0.3, -0.25) is 9.00 Å². The molecule has 0 spiro atoms. The number of hydrogen-bond acceptors (Lipinski definition) is 6. The molecule has 2 aliphatic rings. The number of anilines is 1. The van der Waals surface area contributed by atoms with Gasteiger partial charge in [-0.15, -0.1) is 0 Å². The van der Waals surface area contributed by atoms with E-state index in [1.807, 2.05) is 30.3 Å². The fourth-order valence-corrected chi connectivity index (χ4v) is 6.24. The number of rotatable bonds is 1. The van der Waals surface area contributed by atoms with Gasteiger partial charge >= 0.3 is 0 Å². The molecule has 1 amide bonds. The van der Waals surface area contributed by atoms with Crippen molar-refractivity contribution in [3.05, 3.63) is 70.3 Å². The second-order valence-electron chi connectivity index (χ2n) is 10.5. The summed E-state index contributed by atoms with van der Waals surface area (Å²) in [7, 11) is -0.476. The number of methoxy groups -OCH3 is 1. The average molecular weight is 575 g/mol. The minimum Gasteiger partial charge on any atom is -0.491 e. The second kappa shape index (κ2) is 13.8. The molecule has 0 aromatic heterocycles. The van der Waals surface area contributed by atoms with Crippen molar-refractivity contribution in [2.24, 2.45) is 16.2 Å². The Balaban J connectivity index is 1.83. The number of thiol groups is 1. The van der Waals surface area contributed by atoms with Crippen LogP contribution >= 0.6 is 11.6 Å². The molecule has 0 saturated heterocycles. The molecule has 5 atom stereocenters. The lowest BCUT2D eigenvalue weighted by atomic mass is 9.89. The maximum Gasteiger partial charge on any atom is 0.284 e. The number of carbonyl (C=O) groups is 1. The van der Waals surface area contributed by atoms with Gasteiger partial charge in [-0.05, 0) is 79.0 Å². The first-order chi connectivity index (χ1) is 18.7. The number of hydrogen-bond donors (Lipinski definition) is 2. The molecule has 0 fully saturated rings. The van der Waals surface area contributed by atoms with Crippen LogP contribution in [0, 0.1) is 11.8 Å². The summed E-state index contributed by atoms with van der Waals surface area (Å²) in [6.45, 7) is 6.17. The molecule has 2 bridgehead atoms. The lowest BCUT2D eigenvalue weighted by Crippen LogP contribution is -2.35. The molecule has 7 nitrogen and oxygen atoms in total. The van der Waals surface area contributed by atoms with Gasteiger partial charge in [0.2, 0.25) is 0 Å². The van der Waals surface area contributed by atoms with Gasteiger partial charge in [-0.2, -0.15) is 4.36 Å². The molecule has 212 valence electrons. The third-order valence-corrected chi connectivity index (χ3v) is 8.99. The fraction of sp³-hybridized carbons (Fsp3) is 0.500. The van der Waals surface area contributed by atoms with Crippen molar-refractivity contribution in [3.63, 3.8) is 0 Å². The highest BCUT2D eigenvalue weighted by atomic mass is 35.5. The Morgan fingerprint density at radius 1 is 1.13 bits per heavy atom. The zero-order valence-corrected chi connectivity index (χ0v) is 24.5. The Kier molecular flexibility index (Phi) is 10.5. The van der Waals surface area contributed by atoms with Crippen LogP contribution in [0.15, 0.2) is 52.9 Å². The normalized spacial score (nSPS) is 28.3. The maximum absolute atomic E-state index is 13.0. The lowest BCUT2D eigenvalue weighted by Gasteiger charge is -2.34. The van der Waals surface area contributed by atoms with E-state index in [2.05, 4.69) is 29.2 Å². The summed E-state index contributed by atoms with van der Waals surface area (Å²) in [5.41, 5.74) is 3.56. The van der Waals surface area contributed by atoms with Crippen molar-refractivity contribution in [2.75, 3.05) is 30.9 Å². The first kappa shape index (κ1) is 29.6. The minimum atomic E-state index is -2.15. The van der Waals surface area contributed by atoms with Crippen molar-refractivity contribution in [1.82, 2.24) is 0 Å². The Labute approximate surface area is 238 Å². The molecule has 9 heteroatoms. The summed E-state index contributed by atoms with van der Waals surface area (Å²) in [4.78, 5) is 15.3. The molecule has 1 unspecified atom stereocenters. The van der Waals surface area contributed by atoms with Crippen LogP contribution in [0.4, 0.5) is 5.69 Å². The summed E-state index contributed by atoms with van der Waals surface area (Å²) in [5, 5.41) is 11.1. The zero-order chi connectivity index (χ0) is 27.9. The van der Waals surface area contributed by atoms with Gasteiger partial charge in [0.15, 0.2) is 0 Å². The standard InChI is InChI=1S/C30H39ClN2O5S/c1-20-18-33-19-24-7-9-25(31)16-22(24)6-4-5-14-38-29-11-8-23(17-27(29)33)30(35)32-39(36)15-13-26(34)10-12-28(37-3)21(20)2/h7-12,16-17,20-21,26,28,34,39H,4-6,13-15,18-19H2,1-3H3/b12-10+/t20-,21+,26-,28-/m0/s1. The van der Waals surface area contributed by atoms with Gasteiger partial charge in [-0.1, -0.05) is 43.7 Å². The largest absolute Gasteiger partial charge is 0.491 e. The van der Waals surface area contributed by atoms with Crippen LogP contribution in [-0.4, -0.2) is 53.4 Å². The van der Waals surface area contributed by atoms with Gasteiger partial charge in [0.1, 0.15) is 5.75 Å². The minimum absolute atomic E-state index is 0.120. The smallest absolute Gasteiger partial charge is 0.284 e. The van der Waals surface area contributed by atoms with Gasteiger partial charge in [0, 0.05) is 47.1 Å². The fourth-order valence-electron chi connectivity index (χ4n) is 5.15. The summed E-state index contributed by atoms with van der Waals surface area (Å²) in [5.74, 6) is 0.598. The number of aryl methyl sites for hydroxylation is 1. The molecular weight excluding hydrogens is 536 g/mol. The highest BCUT2D eigenvalue weighted by molar-refractivity contribution is 7.75. The zero-order valence-electron chi connectivity index (χ0n) is 22.9. The Bertz CT molecular complexity index is 1280. The molecule has 2 aliphatic heterocycles. The monoisotopic (exact) mass is 574 g/mol. The third kappa shape index (κ3) is 7.84. The first-order valence-electron chi connectivity index (χ1n) is 13.6. The van der Waals surface area contributed by atoms with Gasteiger partial charge in [-0.25, -0.2) is 0 Å². The molecule has 2 aromatic rings. The highest BCUT2D eigenvalue weighted by Crippen LogP contribution is 2.35. The maximum atomic E-state index is 13.0. The second-order valence-corrected chi connectivity index (χ2v) is 12.3. The molecule has 2 heterocycles. The number of benzene rings is 2. The Morgan fingerprint density at radius 3 is 2.74 bits per heavy atom. The van der Waals surface area contributed by atoms with E-state index in [0.29, 0.717) is 31.0 Å². The summed E-state index contributed by atoms with van der Waals surface area (Å²) in [6.07, 6.45) is 5.60. The van der Waals surface area contributed by atoms with Crippen molar-refractivity contribution < 1.29 is 23.6 Å². The van der Waals surface area contributed by atoms with Crippen LogP contribution in [0.2, 0.25) is 5.02 Å². The molecule has 0 saturated carbocycles. The molecule has 1 N–H and O–H groups in total. The number of ether oxygens (including phenoxy) is 2. The summed E-state index contributed by atoms with van der Waals surface area (Å²) < 4.78 is 28.6. The van der Waals surface area contributed by atoms with Crippen LogP contribution in [0.5, 0.6) is 5.75 Å². The lowest BCUT2D eigenvalue weighted by molar-refractivity contribution is 0.0736. The molecule has 0 aliphatic carbocycles. The van der Waals surface area contributed by atoms with E-state index in [4.69, 9.17) is 21.1 Å². The molecule has 0 radical (unpaired) electrons. The SMILES string of the molecule is CO[C@H]1/C=C/[C@H](O)CC/[SH](=O)=N\C(=O)c2ccc3c(c2)N(Cc2ccc(Cl)cc2CCCCO3)C[C@H](C)[C@H]1C. The van der Waals surface area contributed by atoms with E-state index in [1.165, 1.54) is 11.1 Å². The van der Waals surface area contributed by atoms with E-state index in [-0.39, 0.29) is 30.1 Å². The van der Waals surface area contributed by atoms with E-state index in [1.54, 1.807) is 19.3 Å². The Morgan fingerprint density at radius 2 is 1.95 bits per heavy atom. The average Bonchev–Trinajstić information content (AvgIpc) is 2.94. The number of amides is 1. The number of aliphatic hydroxyl groups excluding tert-OH is 1. The van der Waals surface area contributed by atoms with E-state index >= 15 is 0 Å². The number of halogens is 1. The van der Waals surface area contributed by atoms with Crippen LogP contribution in [0.3, 0.4) is 0 Å². The number of nitrogens with zero attached hydrogens (tertiary/aromatic N) is 2. The van der Waals surface area contributed by atoms with E-state index in [9.17, 15) is 14.1 Å². The predicted octanol–water partition coefficient (Wildman–Crippen LogP) is 5.47. The molecule has 39 heavy (non-hydrogen) atoms. The third-order valence-electron chi connectivity index (χ3n) is 7.71. The van der Waals surface area contributed by atoms with E-state index < -0.39 is 22.6 Å². The quantitative estimate of drug-likeness (QED) is 0.347. The molecule has 2 aromatic carbocycles.